The maximum absolute atomic E-state index is 12.4. The molecule has 0 radical (unpaired) electrons. The summed E-state index contributed by atoms with van der Waals surface area (Å²) in [5, 5.41) is 13.0. The van der Waals surface area contributed by atoms with E-state index >= 15 is 0 Å². The molecular weight excluding hydrogens is 520 g/mol. The van der Waals surface area contributed by atoms with Gasteiger partial charge in [0, 0.05) is 10.7 Å². The summed E-state index contributed by atoms with van der Waals surface area (Å²) in [4.78, 5) is 12.4. The molecule has 0 aliphatic carbocycles. The summed E-state index contributed by atoms with van der Waals surface area (Å²) < 4.78 is 16.9. The first-order valence-electron chi connectivity index (χ1n) is 10.2. The second-order valence-corrected chi connectivity index (χ2v) is 8.49. The number of benzene rings is 3. The zero-order valence-electron chi connectivity index (χ0n) is 18.8. The van der Waals surface area contributed by atoms with E-state index in [1.807, 2.05) is 25.1 Å². The molecule has 1 amide bonds. The molecule has 6 nitrogen and oxygen atoms in total. The smallest absolute Gasteiger partial charge is 0.262 e. The maximum Gasteiger partial charge on any atom is 0.262 e. The molecule has 8 heteroatoms. The van der Waals surface area contributed by atoms with E-state index in [0.29, 0.717) is 38.0 Å². The normalized spacial score (nSPS) is 10.9. The van der Waals surface area contributed by atoms with Crippen molar-refractivity contribution in [1.29, 1.82) is 5.26 Å². The van der Waals surface area contributed by atoms with Crippen molar-refractivity contribution < 1.29 is 19.0 Å². The summed E-state index contributed by atoms with van der Waals surface area (Å²) in [6.45, 7) is 1.65. The predicted molar refractivity (Wildman–Crippen MR) is 137 cm³/mol. The Balaban J connectivity index is 1.77. The van der Waals surface area contributed by atoms with Gasteiger partial charge in [0.05, 0.1) is 30.3 Å². The molecular formula is C26H22BrClN2O4. The van der Waals surface area contributed by atoms with Crippen molar-refractivity contribution in [2.24, 2.45) is 0 Å². The highest BCUT2D eigenvalue weighted by molar-refractivity contribution is 9.10. The van der Waals surface area contributed by atoms with Crippen LogP contribution in [-0.2, 0) is 4.79 Å². The van der Waals surface area contributed by atoms with Crippen molar-refractivity contribution in [2.75, 3.05) is 26.1 Å². The van der Waals surface area contributed by atoms with E-state index in [4.69, 9.17) is 25.8 Å². The predicted octanol–water partition coefficient (Wildman–Crippen LogP) is 6.51. The maximum atomic E-state index is 12.4. The van der Waals surface area contributed by atoms with Gasteiger partial charge in [0.15, 0.2) is 18.1 Å². The Morgan fingerprint density at radius 3 is 2.47 bits per heavy atom. The molecule has 0 saturated heterocycles. The van der Waals surface area contributed by atoms with Crippen LogP contribution in [0.5, 0.6) is 17.2 Å². The molecule has 174 valence electrons. The third-order valence-corrected chi connectivity index (χ3v) is 5.88. The second-order valence-electron chi connectivity index (χ2n) is 7.23. The molecule has 0 fully saturated rings. The van der Waals surface area contributed by atoms with Crippen LogP contribution < -0.4 is 19.5 Å². The lowest BCUT2D eigenvalue weighted by atomic mass is 10.0. The quantitative estimate of drug-likeness (QED) is 0.260. The van der Waals surface area contributed by atoms with Gasteiger partial charge in [-0.2, -0.15) is 5.26 Å². The number of hydrogen-bond donors (Lipinski definition) is 1. The highest BCUT2D eigenvalue weighted by Crippen LogP contribution is 2.37. The first-order valence-corrected chi connectivity index (χ1v) is 11.3. The first kappa shape index (κ1) is 25.2. The molecule has 0 unspecified atom stereocenters. The van der Waals surface area contributed by atoms with Gasteiger partial charge in [0.1, 0.15) is 5.75 Å². The second kappa shape index (κ2) is 11.6. The molecule has 3 rings (SSSR count). The molecule has 0 aliphatic heterocycles. The zero-order valence-corrected chi connectivity index (χ0v) is 21.2. The number of methoxy groups -OCH3 is 2. The van der Waals surface area contributed by atoms with Gasteiger partial charge in [0.2, 0.25) is 0 Å². The molecule has 0 heterocycles. The number of anilines is 1. The highest BCUT2D eigenvalue weighted by atomic mass is 79.9. The van der Waals surface area contributed by atoms with E-state index in [1.165, 1.54) is 7.11 Å². The van der Waals surface area contributed by atoms with Gasteiger partial charge in [-0.05, 0) is 94.2 Å². The van der Waals surface area contributed by atoms with Crippen LogP contribution in [0.15, 0.2) is 59.1 Å². The SMILES string of the molecule is COc1ccc(/C(C#N)=C/c2cc(Br)c(OCC(=O)Nc3ccc(C)c(Cl)c3)c(OC)c2)cc1. The van der Waals surface area contributed by atoms with E-state index in [-0.39, 0.29) is 12.5 Å². The van der Waals surface area contributed by atoms with Gasteiger partial charge in [-0.15, -0.1) is 0 Å². The summed E-state index contributed by atoms with van der Waals surface area (Å²) in [7, 11) is 3.09. The number of allylic oxidation sites excluding steroid dienone is 1. The average Bonchev–Trinajstić information content (AvgIpc) is 2.84. The lowest BCUT2D eigenvalue weighted by Gasteiger charge is -2.14. The van der Waals surface area contributed by atoms with Crippen LogP contribution in [0.1, 0.15) is 16.7 Å². The Labute approximate surface area is 211 Å². The van der Waals surface area contributed by atoms with Crippen LogP contribution in [0.3, 0.4) is 0 Å². The number of halogens is 2. The summed E-state index contributed by atoms with van der Waals surface area (Å²) in [6.07, 6.45) is 1.74. The molecule has 0 aromatic heterocycles. The third kappa shape index (κ3) is 6.31. The number of hydrogen-bond acceptors (Lipinski definition) is 5. The van der Waals surface area contributed by atoms with E-state index in [9.17, 15) is 10.1 Å². The number of rotatable bonds is 8. The van der Waals surface area contributed by atoms with Gasteiger partial charge in [0.25, 0.3) is 5.91 Å². The number of carbonyl (C=O) groups is 1. The van der Waals surface area contributed by atoms with E-state index in [1.54, 1.807) is 49.6 Å². The van der Waals surface area contributed by atoms with E-state index < -0.39 is 0 Å². The number of carbonyl (C=O) groups excluding carboxylic acids is 1. The Hall–Kier alpha value is -3.47. The van der Waals surface area contributed by atoms with Crippen LogP contribution in [0.2, 0.25) is 5.02 Å². The monoisotopic (exact) mass is 540 g/mol. The number of nitrogens with one attached hydrogen (secondary N) is 1. The van der Waals surface area contributed by atoms with Crippen molar-refractivity contribution in [3.05, 3.63) is 80.8 Å². The molecule has 0 aliphatic rings. The minimum atomic E-state index is -0.343. The fraction of sp³-hybridized carbons (Fsp3) is 0.154. The summed E-state index contributed by atoms with van der Waals surface area (Å²) in [6, 6.07) is 18.2. The fourth-order valence-corrected chi connectivity index (χ4v) is 3.84. The van der Waals surface area contributed by atoms with Gasteiger partial charge < -0.3 is 19.5 Å². The minimum absolute atomic E-state index is 0.231. The molecule has 0 atom stereocenters. The summed E-state index contributed by atoms with van der Waals surface area (Å²) in [5.74, 6) is 1.16. The van der Waals surface area contributed by atoms with Gasteiger partial charge in [-0.3, -0.25) is 4.79 Å². The molecule has 3 aromatic carbocycles. The lowest BCUT2D eigenvalue weighted by molar-refractivity contribution is -0.118. The van der Waals surface area contributed by atoms with Crippen LogP contribution in [0.25, 0.3) is 11.6 Å². The van der Waals surface area contributed by atoms with Crippen molar-refractivity contribution in [1.82, 2.24) is 0 Å². The van der Waals surface area contributed by atoms with E-state index in [0.717, 1.165) is 16.7 Å². The Morgan fingerprint density at radius 1 is 1.12 bits per heavy atom. The minimum Gasteiger partial charge on any atom is -0.497 e. The number of ether oxygens (including phenoxy) is 3. The highest BCUT2D eigenvalue weighted by Gasteiger charge is 2.14. The topological polar surface area (TPSA) is 80.6 Å². The first-order chi connectivity index (χ1) is 16.3. The average molecular weight is 542 g/mol. The summed E-state index contributed by atoms with van der Waals surface area (Å²) >= 11 is 9.59. The van der Waals surface area contributed by atoms with E-state index in [2.05, 4.69) is 27.3 Å². The number of amides is 1. The number of nitrogens with zero attached hydrogens (tertiary/aromatic N) is 1. The van der Waals surface area contributed by atoms with Crippen LogP contribution >= 0.6 is 27.5 Å². The number of nitriles is 1. The Kier molecular flexibility index (Phi) is 8.58. The van der Waals surface area contributed by atoms with Gasteiger partial charge >= 0.3 is 0 Å². The lowest BCUT2D eigenvalue weighted by Crippen LogP contribution is -2.20. The molecule has 0 saturated carbocycles. The van der Waals surface area contributed by atoms with Crippen LogP contribution in [0, 0.1) is 18.3 Å². The Morgan fingerprint density at radius 2 is 1.85 bits per heavy atom. The van der Waals surface area contributed by atoms with Crippen molar-refractivity contribution in [3.63, 3.8) is 0 Å². The van der Waals surface area contributed by atoms with Crippen molar-refractivity contribution in [2.45, 2.75) is 6.92 Å². The van der Waals surface area contributed by atoms with Gasteiger partial charge in [-0.25, -0.2) is 0 Å². The molecule has 34 heavy (non-hydrogen) atoms. The molecule has 1 N–H and O–H groups in total. The third-order valence-electron chi connectivity index (χ3n) is 4.89. The fourth-order valence-electron chi connectivity index (χ4n) is 3.09. The molecule has 3 aromatic rings. The van der Waals surface area contributed by atoms with Crippen molar-refractivity contribution >= 4 is 50.8 Å². The van der Waals surface area contributed by atoms with Gasteiger partial charge in [-0.1, -0.05) is 17.7 Å². The standard InChI is InChI=1S/C26H22BrClN2O4/c1-16-4-7-20(13-23(16)28)30-25(31)15-34-26-22(27)11-17(12-24(26)33-3)10-19(14-29)18-5-8-21(32-2)9-6-18/h4-13H,15H2,1-3H3,(H,30,31)/b19-10+. The zero-order chi connectivity index (χ0) is 24.7. The van der Waals surface area contributed by atoms with Crippen LogP contribution in [-0.4, -0.2) is 26.7 Å². The number of aryl methyl sites for hydroxylation is 1. The Bertz CT molecular complexity index is 1270. The molecule has 0 bridgehead atoms. The molecule has 0 spiro atoms. The largest absolute Gasteiger partial charge is 0.497 e. The van der Waals surface area contributed by atoms with Crippen molar-refractivity contribution in [3.8, 4) is 23.3 Å². The summed E-state index contributed by atoms with van der Waals surface area (Å²) in [5.41, 5.74) is 3.46. The van der Waals surface area contributed by atoms with Crippen LogP contribution in [0.4, 0.5) is 5.69 Å².